The van der Waals surface area contributed by atoms with Crippen molar-refractivity contribution < 1.29 is 18.6 Å². The van der Waals surface area contributed by atoms with Gasteiger partial charge in [-0.15, -0.1) is 0 Å². The van der Waals surface area contributed by atoms with E-state index in [4.69, 9.17) is 25.0 Å². The van der Waals surface area contributed by atoms with E-state index in [1.807, 2.05) is 31.2 Å². The number of fused-ring (bicyclic) bond motifs is 1. The SMILES string of the molecule is COCC(C)Nc1nn(Cc2ccc(OC)cc2)c2nccc(Oc3ccc(N)cc3F)c12. The fourth-order valence-corrected chi connectivity index (χ4v) is 3.51. The molecule has 2 aromatic carbocycles. The number of benzene rings is 2. The maximum absolute atomic E-state index is 14.4. The highest BCUT2D eigenvalue weighted by atomic mass is 19.1. The number of halogens is 1. The van der Waals surface area contributed by atoms with Crippen LogP contribution in [0.5, 0.6) is 17.2 Å². The lowest BCUT2D eigenvalue weighted by Crippen LogP contribution is -2.21. The van der Waals surface area contributed by atoms with Crippen molar-refractivity contribution in [2.24, 2.45) is 0 Å². The molecule has 0 saturated heterocycles. The van der Waals surface area contributed by atoms with E-state index in [2.05, 4.69) is 10.3 Å². The third-order valence-electron chi connectivity index (χ3n) is 5.06. The highest BCUT2D eigenvalue weighted by molar-refractivity contribution is 5.93. The van der Waals surface area contributed by atoms with Gasteiger partial charge in [-0.1, -0.05) is 12.1 Å². The second-order valence-corrected chi connectivity index (χ2v) is 7.65. The van der Waals surface area contributed by atoms with Crippen LogP contribution in [0.1, 0.15) is 12.5 Å². The third kappa shape index (κ3) is 4.98. The maximum atomic E-state index is 14.4. The number of hydrogen-bond donors (Lipinski definition) is 2. The Bertz CT molecular complexity index is 1240. The minimum atomic E-state index is -0.548. The monoisotopic (exact) mass is 451 g/mol. The molecule has 0 fully saturated rings. The smallest absolute Gasteiger partial charge is 0.167 e. The number of aromatic nitrogens is 3. The molecule has 1 atom stereocenters. The number of methoxy groups -OCH3 is 2. The summed E-state index contributed by atoms with van der Waals surface area (Å²) >= 11 is 0. The van der Waals surface area contributed by atoms with Crippen molar-refractivity contribution in [3.63, 3.8) is 0 Å². The van der Waals surface area contributed by atoms with Crippen LogP contribution in [0.2, 0.25) is 0 Å². The summed E-state index contributed by atoms with van der Waals surface area (Å²) < 4.78 is 32.6. The van der Waals surface area contributed by atoms with Gasteiger partial charge in [0.2, 0.25) is 0 Å². The molecule has 33 heavy (non-hydrogen) atoms. The molecule has 0 spiro atoms. The lowest BCUT2D eigenvalue weighted by atomic mass is 10.2. The Morgan fingerprint density at radius 2 is 1.88 bits per heavy atom. The number of anilines is 2. The predicted octanol–water partition coefficient (Wildman–Crippen LogP) is 4.45. The highest BCUT2D eigenvalue weighted by Gasteiger charge is 2.20. The molecule has 172 valence electrons. The molecule has 0 radical (unpaired) electrons. The molecule has 1 unspecified atom stereocenters. The van der Waals surface area contributed by atoms with Crippen LogP contribution in [0.4, 0.5) is 15.9 Å². The summed E-state index contributed by atoms with van der Waals surface area (Å²) in [6.45, 7) is 2.94. The Morgan fingerprint density at radius 3 is 2.58 bits per heavy atom. The summed E-state index contributed by atoms with van der Waals surface area (Å²) in [5.74, 6) is 1.29. The van der Waals surface area contributed by atoms with Gasteiger partial charge in [0.25, 0.3) is 0 Å². The van der Waals surface area contributed by atoms with Crippen molar-refractivity contribution >= 4 is 22.5 Å². The molecular weight excluding hydrogens is 425 g/mol. The van der Waals surface area contributed by atoms with Gasteiger partial charge in [-0.25, -0.2) is 14.1 Å². The fourth-order valence-electron chi connectivity index (χ4n) is 3.51. The first-order chi connectivity index (χ1) is 16.0. The highest BCUT2D eigenvalue weighted by Crippen LogP contribution is 2.35. The number of ether oxygens (including phenoxy) is 3. The summed E-state index contributed by atoms with van der Waals surface area (Å²) in [5.41, 5.74) is 7.61. The Labute approximate surface area is 191 Å². The first-order valence-corrected chi connectivity index (χ1v) is 10.4. The number of rotatable bonds is 9. The van der Waals surface area contributed by atoms with Gasteiger partial charge in [0.05, 0.1) is 20.3 Å². The number of nitrogen functional groups attached to an aromatic ring is 1. The van der Waals surface area contributed by atoms with Gasteiger partial charge in [0.15, 0.2) is 23.0 Å². The minimum absolute atomic E-state index is 0.0242. The third-order valence-corrected chi connectivity index (χ3v) is 5.06. The van der Waals surface area contributed by atoms with Gasteiger partial charge in [0.1, 0.15) is 16.9 Å². The van der Waals surface area contributed by atoms with Crippen LogP contribution in [0.15, 0.2) is 54.7 Å². The van der Waals surface area contributed by atoms with Gasteiger partial charge in [-0.2, -0.15) is 5.10 Å². The van der Waals surface area contributed by atoms with E-state index < -0.39 is 5.82 Å². The van der Waals surface area contributed by atoms with E-state index in [9.17, 15) is 4.39 Å². The van der Waals surface area contributed by atoms with E-state index in [-0.39, 0.29) is 11.8 Å². The van der Waals surface area contributed by atoms with Crippen molar-refractivity contribution in [1.29, 1.82) is 0 Å². The molecule has 0 aliphatic carbocycles. The van der Waals surface area contributed by atoms with Crippen molar-refractivity contribution in [2.75, 3.05) is 31.9 Å². The molecule has 2 heterocycles. The second kappa shape index (κ2) is 9.74. The van der Waals surface area contributed by atoms with Crippen molar-refractivity contribution in [3.05, 3.63) is 66.1 Å². The van der Waals surface area contributed by atoms with Crippen LogP contribution in [-0.2, 0) is 11.3 Å². The van der Waals surface area contributed by atoms with Gasteiger partial charge >= 0.3 is 0 Å². The Hall–Kier alpha value is -3.85. The molecule has 0 aliphatic rings. The molecule has 9 heteroatoms. The number of nitrogens with one attached hydrogen (secondary N) is 1. The average Bonchev–Trinajstić information content (AvgIpc) is 3.14. The lowest BCUT2D eigenvalue weighted by Gasteiger charge is -2.13. The lowest BCUT2D eigenvalue weighted by molar-refractivity contribution is 0.190. The molecule has 2 aromatic heterocycles. The summed E-state index contributed by atoms with van der Waals surface area (Å²) in [6, 6.07) is 13.7. The van der Waals surface area contributed by atoms with Crippen LogP contribution >= 0.6 is 0 Å². The standard InChI is InChI=1S/C24H26FN5O3/c1-15(14-31-2)28-23-22-21(33-20-9-6-17(26)12-19(20)25)10-11-27-24(22)30(29-23)13-16-4-7-18(32-3)8-5-16/h4-12,15H,13-14,26H2,1-3H3,(H,28,29). The Kier molecular flexibility index (Phi) is 6.60. The maximum Gasteiger partial charge on any atom is 0.167 e. The fraction of sp³-hybridized carbons (Fsp3) is 0.250. The molecule has 0 bridgehead atoms. The summed E-state index contributed by atoms with van der Waals surface area (Å²) in [7, 11) is 3.27. The minimum Gasteiger partial charge on any atom is -0.497 e. The van der Waals surface area contributed by atoms with E-state index in [1.165, 1.54) is 12.1 Å². The predicted molar refractivity (Wildman–Crippen MR) is 125 cm³/mol. The molecule has 0 amide bonds. The number of nitrogens with two attached hydrogens (primary N) is 1. The normalized spacial score (nSPS) is 12.0. The zero-order chi connectivity index (χ0) is 23.4. The molecule has 4 rings (SSSR count). The van der Waals surface area contributed by atoms with Gasteiger partial charge in [-0.3, -0.25) is 0 Å². The number of pyridine rings is 1. The van der Waals surface area contributed by atoms with E-state index in [1.54, 1.807) is 37.2 Å². The zero-order valence-electron chi connectivity index (χ0n) is 18.7. The first kappa shape index (κ1) is 22.3. The van der Waals surface area contributed by atoms with Crippen molar-refractivity contribution in [1.82, 2.24) is 14.8 Å². The topological polar surface area (TPSA) is 96.5 Å². The van der Waals surface area contributed by atoms with Crippen LogP contribution < -0.4 is 20.5 Å². The van der Waals surface area contributed by atoms with Crippen LogP contribution in [0.3, 0.4) is 0 Å². The number of nitrogens with zero attached hydrogens (tertiary/aromatic N) is 3. The molecule has 3 N–H and O–H groups in total. The Balaban J connectivity index is 1.76. The molecule has 0 saturated carbocycles. The van der Waals surface area contributed by atoms with Gasteiger partial charge in [0, 0.05) is 37.2 Å². The molecule has 0 aliphatic heterocycles. The molecule has 8 nitrogen and oxygen atoms in total. The Morgan fingerprint density at radius 1 is 1.09 bits per heavy atom. The van der Waals surface area contributed by atoms with Crippen LogP contribution in [0, 0.1) is 5.82 Å². The number of hydrogen-bond acceptors (Lipinski definition) is 7. The van der Waals surface area contributed by atoms with Gasteiger partial charge in [-0.05, 0) is 36.8 Å². The van der Waals surface area contributed by atoms with Crippen molar-refractivity contribution in [2.45, 2.75) is 19.5 Å². The van der Waals surface area contributed by atoms with E-state index in [0.717, 1.165) is 11.3 Å². The first-order valence-electron chi connectivity index (χ1n) is 10.4. The van der Waals surface area contributed by atoms with E-state index in [0.29, 0.717) is 41.4 Å². The molecular formula is C24H26FN5O3. The molecule has 4 aromatic rings. The summed E-state index contributed by atoms with van der Waals surface area (Å²) in [6.07, 6.45) is 1.61. The second-order valence-electron chi connectivity index (χ2n) is 7.65. The van der Waals surface area contributed by atoms with E-state index >= 15 is 0 Å². The average molecular weight is 452 g/mol. The van der Waals surface area contributed by atoms with Crippen LogP contribution in [0.25, 0.3) is 11.0 Å². The van der Waals surface area contributed by atoms with Gasteiger partial charge < -0.3 is 25.3 Å². The van der Waals surface area contributed by atoms with Crippen molar-refractivity contribution in [3.8, 4) is 17.2 Å². The quantitative estimate of drug-likeness (QED) is 0.363. The zero-order valence-corrected chi connectivity index (χ0v) is 18.7. The summed E-state index contributed by atoms with van der Waals surface area (Å²) in [5, 5.41) is 8.74. The summed E-state index contributed by atoms with van der Waals surface area (Å²) in [4.78, 5) is 4.53. The largest absolute Gasteiger partial charge is 0.497 e. The van der Waals surface area contributed by atoms with Crippen LogP contribution in [-0.4, -0.2) is 41.6 Å².